The van der Waals surface area contributed by atoms with Crippen LogP contribution in [0.1, 0.15) is 25.8 Å². The highest BCUT2D eigenvalue weighted by Gasteiger charge is 2.14. The molecule has 1 aromatic carbocycles. The largest absolute Gasteiger partial charge is 0.465 e. The zero-order chi connectivity index (χ0) is 15.1. The molecule has 0 radical (unpaired) electrons. The van der Waals surface area contributed by atoms with Crippen molar-refractivity contribution in [2.24, 2.45) is 11.7 Å². The summed E-state index contributed by atoms with van der Waals surface area (Å²) in [6.07, 6.45) is -0.460. The van der Waals surface area contributed by atoms with E-state index in [-0.39, 0.29) is 5.91 Å². The Morgan fingerprint density at radius 3 is 2.35 bits per heavy atom. The summed E-state index contributed by atoms with van der Waals surface area (Å²) < 4.78 is 0. The number of hydrogen-bond donors (Lipinski definition) is 4. The number of rotatable bonds is 6. The normalized spacial score (nSPS) is 12.0. The first kappa shape index (κ1) is 16.0. The van der Waals surface area contributed by atoms with Gasteiger partial charge in [0.05, 0.1) is 6.04 Å². The lowest BCUT2D eigenvalue weighted by atomic mass is 10.0. The maximum Gasteiger partial charge on any atom is 0.409 e. The molecule has 6 nitrogen and oxygen atoms in total. The Hall–Kier alpha value is -2.08. The fourth-order valence-electron chi connectivity index (χ4n) is 1.76. The van der Waals surface area contributed by atoms with Crippen LogP contribution >= 0.6 is 0 Å². The van der Waals surface area contributed by atoms with E-state index in [0.29, 0.717) is 24.6 Å². The maximum absolute atomic E-state index is 11.7. The Labute approximate surface area is 118 Å². The van der Waals surface area contributed by atoms with E-state index < -0.39 is 12.1 Å². The van der Waals surface area contributed by atoms with Crippen LogP contribution in [0.15, 0.2) is 24.3 Å². The van der Waals surface area contributed by atoms with Crippen LogP contribution in [0.3, 0.4) is 0 Å². The van der Waals surface area contributed by atoms with E-state index in [1.54, 1.807) is 24.3 Å². The minimum absolute atomic E-state index is 0.175. The van der Waals surface area contributed by atoms with E-state index in [2.05, 4.69) is 10.6 Å². The van der Waals surface area contributed by atoms with E-state index in [1.165, 1.54) is 0 Å². The van der Waals surface area contributed by atoms with E-state index >= 15 is 0 Å². The van der Waals surface area contributed by atoms with Crippen molar-refractivity contribution in [3.05, 3.63) is 29.8 Å². The first-order valence-electron chi connectivity index (χ1n) is 6.50. The number of nitrogens with two attached hydrogens (primary N) is 1. The molecule has 0 aliphatic carbocycles. The second-order valence-corrected chi connectivity index (χ2v) is 5.08. The molecule has 1 aromatic rings. The zero-order valence-electron chi connectivity index (χ0n) is 11.7. The summed E-state index contributed by atoms with van der Waals surface area (Å²) in [4.78, 5) is 22.2. The number of anilines is 1. The number of carbonyl (C=O) groups excluding carboxylic acids is 1. The number of benzene rings is 1. The second-order valence-electron chi connectivity index (χ2n) is 5.08. The predicted octanol–water partition coefficient (Wildman–Crippen LogP) is 1.77. The monoisotopic (exact) mass is 279 g/mol. The van der Waals surface area contributed by atoms with E-state index in [4.69, 9.17) is 10.8 Å². The lowest BCUT2D eigenvalue weighted by Gasteiger charge is -2.14. The lowest BCUT2D eigenvalue weighted by molar-refractivity contribution is -0.122. The van der Waals surface area contributed by atoms with Gasteiger partial charge in [-0.15, -0.1) is 0 Å². The Morgan fingerprint density at radius 2 is 1.85 bits per heavy atom. The molecule has 0 saturated carbocycles. The smallest absolute Gasteiger partial charge is 0.409 e. The van der Waals surface area contributed by atoms with Crippen LogP contribution in [0, 0.1) is 5.92 Å². The van der Waals surface area contributed by atoms with Crippen LogP contribution < -0.4 is 16.4 Å². The molecule has 1 rings (SSSR count). The molecule has 0 fully saturated rings. The minimum atomic E-state index is -1.11. The molecule has 0 spiro atoms. The molecule has 5 N–H and O–H groups in total. The van der Waals surface area contributed by atoms with Crippen LogP contribution in [0.4, 0.5) is 10.5 Å². The average Bonchev–Trinajstić information content (AvgIpc) is 2.36. The molecule has 0 saturated heterocycles. The zero-order valence-corrected chi connectivity index (χ0v) is 11.7. The van der Waals surface area contributed by atoms with Crippen molar-refractivity contribution in [3.63, 3.8) is 0 Å². The summed E-state index contributed by atoms with van der Waals surface area (Å²) in [6, 6.07) is 6.29. The van der Waals surface area contributed by atoms with Gasteiger partial charge < -0.3 is 16.2 Å². The Morgan fingerprint density at radius 1 is 1.25 bits per heavy atom. The molecule has 0 aliphatic heterocycles. The standard InChI is InChI=1S/C14H21N3O3/c1-9(2)7-12(15)13(18)16-8-10-3-5-11(6-4-10)17-14(19)20/h3-6,9,12,17H,7-8,15H2,1-2H3,(H,16,18)(H,19,20)/t12-/m0/s1. The van der Waals surface area contributed by atoms with Crippen LogP contribution in [-0.4, -0.2) is 23.1 Å². The molecule has 1 atom stereocenters. The van der Waals surface area contributed by atoms with Gasteiger partial charge in [-0.05, 0) is 30.0 Å². The number of amides is 2. The molecule has 110 valence electrons. The summed E-state index contributed by atoms with van der Waals surface area (Å²) in [5.74, 6) is 0.198. The van der Waals surface area contributed by atoms with Crippen molar-refractivity contribution < 1.29 is 14.7 Å². The van der Waals surface area contributed by atoms with Crippen LogP contribution in [-0.2, 0) is 11.3 Å². The van der Waals surface area contributed by atoms with Crippen molar-refractivity contribution in [2.75, 3.05) is 5.32 Å². The lowest BCUT2D eigenvalue weighted by Crippen LogP contribution is -2.41. The fraction of sp³-hybridized carbons (Fsp3) is 0.429. The summed E-state index contributed by atoms with van der Waals surface area (Å²) in [7, 11) is 0. The van der Waals surface area contributed by atoms with Crippen molar-refractivity contribution in [3.8, 4) is 0 Å². The summed E-state index contributed by atoms with van der Waals surface area (Å²) in [5.41, 5.74) is 7.14. The Bertz CT molecular complexity index is 457. The third-order valence-corrected chi connectivity index (χ3v) is 2.73. The van der Waals surface area contributed by atoms with Gasteiger partial charge in [0.2, 0.25) is 5.91 Å². The van der Waals surface area contributed by atoms with Gasteiger partial charge in [-0.3, -0.25) is 10.1 Å². The molecule has 6 heteroatoms. The van der Waals surface area contributed by atoms with E-state index in [0.717, 1.165) is 5.56 Å². The van der Waals surface area contributed by atoms with Crippen LogP contribution in [0.25, 0.3) is 0 Å². The van der Waals surface area contributed by atoms with Crippen molar-refractivity contribution in [2.45, 2.75) is 32.9 Å². The molecule has 0 heterocycles. The maximum atomic E-state index is 11.7. The van der Waals surface area contributed by atoms with E-state index in [9.17, 15) is 9.59 Å². The van der Waals surface area contributed by atoms with Gasteiger partial charge in [0.25, 0.3) is 0 Å². The number of carboxylic acid groups (broad SMARTS) is 1. The van der Waals surface area contributed by atoms with Crippen molar-refractivity contribution >= 4 is 17.7 Å². The number of carbonyl (C=O) groups is 2. The van der Waals surface area contributed by atoms with Gasteiger partial charge in [-0.25, -0.2) is 4.79 Å². The van der Waals surface area contributed by atoms with Crippen LogP contribution in [0.2, 0.25) is 0 Å². The van der Waals surface area contributed by atoms with Gasteiger partial charge in [0.15, 0.2) is 0 Å². The molecule has 0 aromatic heterocycles. The molecule has 2 amide bonds. The summed E-state index contributed by atoms with van der Waals surface area (Å²) in [5, 5.41) is 13.6. The van der Waals surface area contributed by atoms with Crippen LogP contribution in [0.5, 0.6) is 0 Å². The number of hydrogen-bond acceptors (Lipinski definition) is 3. The SMILES string of the molecule is CC(C)C[C@H](N)C(=O)NCc1ccc(NC(=O)O)cc1. The molecule has 0 unspecified atom stereocenters. The highest BCUT2D eigenvalue weighted by atomic mass is 16.4. The van der Waals surface area contributed by atoms with Gasteiger partial charge >= 0.3 is 6.09 Å². The van der Waals surface area contributed by atoms with Gasteiger partial charge in [-0.2, -0.15) is 0 Å². The Balaban J connectivity index is 2.45. The second kappa shape index (κ2) is 7.49. The summed E-state index contributed by atoms with van der Waals surface area (Å²) >= 11 is 0. The van der Waals surface area contributed by atoms with E-state index in [1.807, 2.05) is 13.8 Å². The van der Waals surface area contributed by atoms with Gasteiger partial charge in [0, 0.05) is 12.2 Å². The molecule has 0 bridgehead atoms. The number of nitrogens with one attached hydrogen (secondary N) is 2. The molecule has 0 aliphatic rings. The fourth-order valence-corrected chi connectivity index (χ4v) is 1.76. The third-order valence-electron chi connectivity index (χ3n) is 2.73. The Kier molecular flexibility index (Phi) is 5.99. The van der Waals surface area contributed by atoms with Crippen molar-refractivity contribution in [1.82, 2.24) is 5.32 Å². The first-order chi connectivity index (χ1) is 9.38. The van der Waals surface area contributed by atoms with Gasteiger partial charge in [0.1, 0.15) is 0 Å². The first-order valence-corrected chi connectivity index (χ1v) is 6.50. The highest BCUT2D eigenvalue weighted by Crippen LogP contribution is 2.09. The molecular formula is C14H21N3O3. The highest BCUT2D eigenvalue weighted by molar-refractivity contribution is 5.83. The molecule has 20 heavy (non-hydrogen) atoms. The van der Waals surface area contributed by atoms with Crippen molar-refractivity contribution in [1.29, 1.82) is 0 Å². The predicted molar refractivity (Wildman–Crippen MR) is 77.4 cm³/mol. The minimum Gasteiger partial charge on any atom is -0.465 e. The topological polar surface area (TPSA) is 104 Å². The molecular weight excluding hydrogens is 258 g/mol. The average molecular weight is 279 g/mol. The quantitative estimate of drug-likeness (QED) is 0.637. The van der Waals surface area contributed by atoms with Gasteiger partial charge in [-0.1, -0.05) is 26.0 Å². The third kappa shape index (κ3) is 5.71. The summed E-state index contributed by atoms with van der Waals surface area (Å²) in [6.45, 7) is 4.40.